The minimum Gasteiger partial charge on any atom is -0.354 e. The maximum Gasteiger partial charge on any atom is 0.453 e. The average Bonchev–Trinajstić information content (AvgIpc) is 2.82. The lowest BCUT2D eigenvalue weighted by Crippen LogP contribution is -2.45. The van der Waals surface area contributed by atoms with Crippen LogP contribution in [0.5, 0.6) is 0 Å². The number of halogens is 3. The lowest BCUT2D eigenvalue weighted by molar-refractivity contribution is -0.144. The Kier molecular flexibility index (Phi) is 3.23. The van der Waals surface area contributed by atoms with Gasteiger partial charge in [-0.15, -0.1) is 5.10 Å². The van der Waals surface area contributed by atoms with Crippen LogP contribution in [0.1, 0.15) is 11.5 Å². The summed E-state index contributed by atoms with van der Waals surface area (Å²) in [6, 6.07) is 1.74. The lowest BCUT2D eigenvalue weighted by Gasteiger charge is -2.33. The van der Waals surface area contributed by atoms with Gasteiger partial charge in [-0.3, -0.25) is 0 Å². The molecule has 0 spiro atoms. The normalized spacial score (nSPS) is 17.7. The fourth-order valence-corrected chi connectivity index (χ4v) is 2.35. The van der Waals surface area contributed by atoms with Gasteiger partial charge in [0.05, 0.1) is 0 Å². The maximum absolute atomic E-state index is 12.8. The van der Waals surface area contributed by atoms with Crippen LogP contribution in [0, 0.1) is 6.92 Å². The van der Waals surface area contributed by atoms with Crippen LogP contribution in [0.15, 0.2) is 6.07 Å². The molecule has 9 heteroatoms. The Morgan fingerprint density at radius 3 is 2.38 bits per heavy atom. The number of likely N-dealkylation sites (N-methyl/N-ethyl adjacent to an activating group) is 1. The van der Waals surface area contributed by atoms with Gasteiger partial charge in [0.1, 0.15) is 5.82 Å². The second kappa shape index (κ2) is 4.83. The third-order valence-corrected chi connectivity index (χ3v) is 3.50. The molecular formula is C12H15F3N6. The molecule has 2 aromatic heterocycles. The van der Waals surface area contributed by atoms with E-state index in [4.69, 9.17) is 0 Å². The number of aryl methyl sites for hydroxylation is 1. The SMILES string of the molecule is Cc1cc(N2CCN(C)CC2)n2nc(C(F)(F)F)nc2n1. The molecule has 114 valence electrons. The number of rotatable bonds is 1. The van der Waals surface area contributed by atoms with Crippen LogP contribution in [0.4, 0.5) is 19.0 Å². The highest BCUT2D eigenvalue weighted by Gasteiger charge is 2.37. The first-order chi connectivity index (χ1) is 9.84. The van der Waals surface area contributed by atoms with Crippen LogP contribution in [0.3, 0.4) is 0 Å². The molecule has 0 atom stereocenters. The van der Waals surface area contributed by atoms with Crippen molar-refractivity contribution in [3.63, 3.8) is 0 Å². The van der Waals surface area contributed by atoms with E-state index >= 15 is 0 Å². The third-order valence-electron chi connectivity index (χ3n) is 3.50. The molecule has 1 saturated heterocycles. The van der Waals surface area contributed by atoms with E-state index in [1.54, 1.807) is 13.0 Å². The molecule has 0 aromatic carbocycles. The largest absolute Gasteiger partial charge is 0.453 e. The van der Waals surface area contributed by atoms with Gasteiger partial charge < -0.3 is 9.80 Å². The second-order valence-corrected chi connectivity index (χ2v) is 5.19. The van der Waals surface area contributed by atoms with Crippen molar-refractivity contribution in [1.29, 1.82) is 0 Å². The van der Waals surface area contributed by atoms with E-state index in [1.807, 2.05) is 11.9 Å². The van der Waals surface area contributed by atoms with Crippen molar-refractivity contribution < 1.29 is 13.2 Å². The average molecular weight is 300 g/mol. The molecular weight excluding hydrogens is 285 g/mol. The van der Waals surface area contributed by atoms with E-state index in [2.05, 4.69) is 20.0 Å². The zero-order valence-electron chi connectivity index (χ0n) is 11.7. The van der Waals surface area contributed by atoms with Crippen LogP contribution in [0.2, 0.25) is 0 Å². The number of alkyl halides is 3. The van der Waals surface area contributed by atoms with E-state index < -0.39 is 12.0 Å². The zero-order valence-corrected chi connectivity index (χ0v) is 11.7. The summed E-state index contributed by atoms with van der Waals surface area (Å²) in [6.07, 6.45) is -4.57. The summed E-state index contributed by atoms with van der Waals surface area (Å²) in [5.74, 6) is -0.569. The molecule has 0 unspecified atom stereocenters. The van der Waals surface area contributed by atoms with Crippen molar-refractivity contribution in [3.8, 4) is 0 Å². The van der Waals surface area contributed by atoms with Crippen LogP contribution in [-0.2, 0) is 6.18 Å². The number of hydrogen-bond donors (Lipinski definition) is 0. The van der Waals surface area contributed by atoms with Gasteiger partial charge >= 0.3 is 6.18 Å². The summed E-state index contributed by atoms with van der Waals surface area (Å²) in [5.41, 5.74) is 0.623. The Balaban J connectivity index is 2.07. The summed E-state index contributed by atoms with van der Waals surface area (Å²) in [6.45, 7) is 4.90. The first-order valence-corrected chi connectivity index (χ1v) is 6.60. The van der Waals surface area contributed by atoms with E-state index in [1.165, 1.54) is 4.52 Å². The lowest BCUT2D eigenvalue weighted by atomic mass is 10.3. The van der Waals surface area contributed by atoms with E-state index in [0.717, 1.165) is 26.2 Å². The number of nitrogens with zero attached hydrogens (tertiary/aromatic N) is 6. The highest BCUT2D eigenvalue weighted by atomic mass is 19.4. The molecule has 6 nitrogen and oxygen atoms in total. The fourth-order valence-electron chi connectivity index (χ4n) is 2.35. The number of aromatic nitrogens is 4. The summed E-state index contributed by atoms with van der Waals surface area (Å²) in [5, 5.41) is 3.58. The highest BCUT2D eigenvalue weighted by molar-refractivity contribution is 5.48. The second-order valence-electron chi connectivity index (χ2n) is 5.19. The van der Waals surface area contributed by atoms with Crippen molar-refractivity contribution >= 4 is 11.6 Å². The predicted octanol–water partition coefficient (Wildman–Crippen LogP) is 1.20. The molecule has 0 amide bonds. The van der Waals surface area contributed by atoms with Crippen LogP contribution in [-0.4, -0.2) is 57.7 Å². The summed E-state index contributed by atoms with van der Waals surface area (Å²) in [4.78, 5) is 11.7. The van der Waals surface area contributed by atoms with Crippen molar-refractivity contribution in [2.75, 3.05) is 38.1 Å². The molecule has 0 N–H and O–H groups in total. The number of fused-ring (bicyclic) bond motifs is 1. The van der Waals surface area contributed by atoms with Gasteiger partial charge in [0, 0.05) is 37.9 Å². The van der Waals surface area contributed by atoms with Crippen molar-refractivity contribution in [3.05, 3.63) is 17.6 Å². The molecule has 2 aromatic rings. The minimum atomic E-state index is -4.57. The summed E-state index contributed by atoms with van der Waals surface area (Å²) in [7, 11) is 2.02. The molecule has 3 rings (SSSR count). The van der Waals surface area contributed by atoms with Crippen LogP contribution in [0.25, 0.3) is 5.78 Å². The molecule has 0 saturated carbocycles. The number of hydrogen-bond acceptors (Lipinski definition) is 5. The van der Waals surface area contributed by atoms with Gasteiger partial charge in [0.2, 0.25) is 0 Å². The van der Waals surface area contributed by atoms with E-state index in [-0.39, 0.29) is 5.78 Å². The number of anilines is 1. The molecule has 3 heterocycles. The summed E-state index contributed by atoms with van der Waals surface area (Å²) < 4.78 is 39.5. The van der Waals surface area contributed by atoms with Crippen molar-refractivity contribution in [2.45, 2.75) is 13.1 Å². The zero-order chi connectivity index (χ0) is 15.2. The van der Waals surface area contributed by atoms with E-state index in [9.17, 15) is 13.2 Å². The standard InChI is InChI=1S/C12H15F3N6/c1-8-7-9(20-5-3-19(2)4-6-20)21-11(16-8)17-10(18-21)12(13,14)15/h7H,3-6H2,1-2H3. The van der Waals surface area contributed by atoms with E-state index in [0.29, 0.717) is 11.5 Å². The highest BCUT2D eigenvalue weighted by Crippen LogP contribution is 2.27. The Morgan fingerprint density at radius 2 is 1.76 bits per heavy atom. The van der Waals surface area contributed by atoms with Crippen molar-refractivity contribution in [2.24, 2.45) is 0 Å². The van der Waals surface area contributed by atoms with Crippen molar-refractivity contribution in [1.82, 2.24) is 24.5 Å². The molecule has 0 radical (unpaired) electrons. The molecule has 1 aliphatic heterocycles. The van der Waals surface area contributed by atoms with Crippen LogP contribution < -0.4 is 4.90 Å². The quantitative estimate of drug-likeness (QED) is 0.792. The smallest absolute Gasteiger partial charge is 0.354 e. The van der Waals surface area contributed by atoms with Crippen LogP contribution >= 0.6 is 0 Å². The first kappa shape index (κ1) is 14.1. The van der Waals surface area contributed by atoms with Gasteiger partial charge in [-0.2, -0.15) is 22.7 Å². The van der Waals surface area contributed by atoms with Gasteiger partial charge in [0.15, 0.2) is 0 Å². The topological polar surface area (TPSA) is 49.6 Å². The fraction of sp³-hybridized carbons (Fsp3) is 0.583. The van der Waals surface area contributed by atoms with Gasteiger partial charge in [0.25, 0.3) is 11.6 Å². The Labute approximate surface area is 119 Å². The Bertz CT molecular complexity index is 657. The monoisotopic (exact) mass is 300 g/mol. The minimum absolute atomic E-state index is 0.0174. The van der Waals surface area contributed by atoms with Gasteiger partial charge in [-0.25, -0.2) is 4.98 Å². The van der Waals surface area contributed by atoms with Gasteiger partial charge in [-0.1, -0.05) is 0 Å². The molecule has 0 bridgehead atoms. The summed E-state index contributed by atoms with van der Waals surface area (Å²) >= 11 is 0. The molecule has 21 heavy (non-hydrogen) atoms. The third kappa shape index (κ3) is 2.65. The predicted molar refractivity (Wildman–Crippen MR) is 70.2 cm³/mol. The maximum atomic E-state index is 12.8. The van der Waals surface area contributed by atoms with Gasteiger partial charge in [-0.05, 0) is 14.0 Å². The first-order valence-electron chi connectivity index (χ1n) is 6.60. The Morgan fingerprint density at radius 1 is 1.10 bits per heavy atom. The number of piperazine rings is 1. The molecule has 1 fully saturated rings. The molecule has 1 aliphatic rings. The Hall–Kier alpha value is -1.90. The molecule has 0 aliphatic carbocycles.